The van der Waals surface area contributed by atoms with Crippen LogP contribution in [0.4, 0.5) is 0 Å². The first-order valence-electron chi connectivity index (χ1n) is 7.56. The molecule has 0 aromatic carbocycles. The summed E-state index contributed by atoms with van der Waals surface area (Å²) in [6, 6.07) is 1.12. The summed E-state index contributed by atoms with van der Waals surface area (Å²) in [5.74, 6) is 0. The fourth-order valence-corrected chi connectivity index (χ4v) is 3.02. The number of aromatic nitrogens is 4. The van der Waals surface area contributed by atoms with Crippen molar-refractivity contribution in [3.05, 3.63) is 24.9 Å². The molecular weight excluding hydrogens is 250 g/mol. The summed E-state index contributed by atoms with van der Waals surface area (Å²) >= 11 is 0. The Labute approximate surface area is 120 Å². The maximum atomic E-state index is 4.43. The first-order valence-corrected chi connectivity index (χ1v) is 7.56. The molecule has 0 radical (unpaired) electrons. The lowest BCUT2D eigenvalue weighted by Crippen LogP contribution is -2.36. The van der Waals surface area contributed by atoms with Gasteiger partial charge in [-0.25, -0.2) is 4.98 Å². The van der Waals surface area contributed by atoms with Crippen LogP contribution in [0.15, 0.2) is 24.9 Å². The number of hydrogen-bond acceptors (Lipinski definition) is 3. The fourth-order valence-electron chi connectivity index (χ4n) is 3.02. The van der Waals surface area contributed by atoms with Gasteiger partial charge in [-0.1, -0.05) is 6.92 Å². The molecule has 1 fully saturated rings. The summed E-state index contributed by atoms with van der Waals surface area (Å²) < 4.78 is 4.34. The third-order valence-electron chi connectivity index (χ3n) is 4.04. The van der Waals surface area contributed by atoms with Crippen molar-refractivity contribution in [2.24, 2.45) is 0 Å². The Morgan fingerprint density at radius 3 is 3.10 bits per heavy atom. The van der Waals surface area contributed by atoms with Gasteiger partial charge in [0.25, 0.3) is 0 Å². The van der Waals surface area contributed by atoms with Crippen LogP contribution in [0.5, 0.6) is 0 Å². The smallest absolute Gasteiger partial charge is 0.0953 e. The molecule has 3 heterocycles. The van der Waals surface area contributed by atoms with Crippen LogP contribution in [0.25, 0.3) is 11.3 Å². The van der Waals surface area contributed by atoms with E-state index in [0.717, 1.165) is 32.4 Å². The van der Waals surface area contributed by atoms with Gasteiger partial charge < -0.3 is 9.88 Å². The Bertz CT molecular complexity index is 556. The summed E-state index contributed by atoms with van der Waals surface area (Å²) in [5.41, 5.74) is 2.36. The standard InChI is InChI=1S/C15H23N5/c1-3-6-19-10-13(8-18-19)15-9-16-11-20(15)14-4-5-17-12(2)7-14/h8-12,14,17H,3-7H2,1-2H3. The van der Waals surface area contributed by atoms with Gasteiger partial charge >= 0.3 is 0 Å². The molecule has 0 bridgehead atoms. The predicted octanol–water partition coefficient (Wildman–Crippen LogP) is 2.47. The molecule has 5 nitrogen and oxygen atoms in total. The zero-order valence-electron chi connectivity index (χ0n) is 12.3. The quantitative estimate of drug-likeness (QED) is 0.931. The number of nitrogens with one attached hydrogen (secondary N) is 1. The highest BCUT2D eigenvalue weighted by molar-refractivity contribution is 5.56. The third kappa shape index (κ3) is 2.63. The number of hydrogen-bond donors (Lipinski definition) is 1. The Morgan fingerprint density at radius 2 is 2.30 bits per heavy atom. The largest absolute Gasteiger partial charge is 0.327 e. The maximum absolute atomic E-state index is 4.43. The highest BCUT2D eigenvalue weighted by Crippen LogP contribution is 2.28. The second-order valence-corrected chi connectivity index (χ2v) is 5.71. The molecule has 5 heteroatoms. The lowest BCUT2D eigenvalue weighted by molar-refractivity contribution is 0.315. The number of imidazole rings is 1. The molecule has 1 saturated heterocycles. The molecule has 2 aromatic rings. The summed E-state index contributed by atoms with van der Waals surface area (Å²) in [4.78, 5) is 4.36. The van der Waals surface area contributed by atoms with E-state index in [2.05, 4.69) is 40.0 Å². The van der Waals surface area contributed by atoms with Crippen molar-refractivity contribution < 1.29 is 0 Å². The number of aryl methyl sites for hydroxylation is 1. The van der Waals surface area contributed by atoms with Gasteiger partial charge in [-0.05, 0) is 32.7 Å². The second kappa shape index (κ2) is 5.79. The van der Waals surface area contributed by atoms with Crippen LogP contribution in [0.1, 0.15) is 39.2 Å². The molecule has 1 aliphatic rings. The lowest BCUT2D eigenvalue weighted by atomic mass is 10.00. The average molecular weight is 273 g/mol. The molecule has 2 atom stereocenters. The SMILES string of the molecule is CCCn1cc(-c2cncn2C2CCNC(C)C2)cn1. The van der Waals surface area contributed by atoms with E-state index in [4.69, 9.17) is 0 Å². The zero-order valence-corrected chi connectivity index (χ0v) is 12.3. The highest BCUT2D eigenvalue weighted by atomic mass is 15.3. The summed E-state index contributed by atoms with van der Waals surface area (Å²) in [7, 11) is 0. The van der Waals surface area contributed by atoms with E-state index < -0.39 is 0 Å². The topological polar surface area (TPSA) is 47.7 Å². The van der Waals surface area contributed by atoms with Gasteiger partial charge in [0.15, 0.2) is 0 Å². The van der Waals surface area contributed by atoms with Gasteiger partial charge in [-0.2, -0.15) is 5.10 Å². The lowest BCUT2D eigenvalue weighted by Gasteiger charge is -2.29. The number of piperidine rings is 1. The monoisotopic (exact) mass is 273 g/mol. The molecule has 0 saturated carbocycles. The van der Waals surface area contributed by atoms with Gasteiger partial charge in [0, 0.05) is 30.4 Å². The number of nitrogens with zero attached hydrogens (tertiary/aromatic N) is 4. The Morgan fingerprint density at radius 1 is 1.40 bits per heavy atom. The third-order valence-corrected chi connectivity index (χ3v) is 4.04. The Kier molecular flexibility index (Phi) is 3.87. The van der Waals surface area contributed by atoms with E-state index in [1.807, 2.05) is 23.4 Å². The van der Waals surface area contributed by atoms with Crippen LogP contribution in [-0.4, -0.2) is 31.9 Å². The molecule has 2 unspecified atom stereocenters. The molecule has 0 spiro atoms. The molecule has 2 aromatic heterocycles. The minimum absolute atomic E-state index is 0.540. The molecular formula is C15H23N5. The van der Waals surface area contributed by atoms with Gasteiger partial charge in [-0.15, -0.1) is 0 Å². The maximum Gasteiger partial charge on any atom is 0.0953 e. The minimum atomic E-state index is 0.540. The van der Waals surface area contributed by atoms with E-state index in [1.54, 1.807) is 0 Å². The van der Waals surface area contributed by atoms with Crippen LogP contribution in [0.3, 0.4) is 0 Å². The fraction of sp³-hybridized carbons (Fsp3) is 0.600. The highest BCUT2D eigenvalue weighted by Gasteiger charge is 2.22. The molecule has 20 heavy (non-hydrogen) atoms. The summed E-state index contributed by atoms with van der Waals surface area (Å²) in [5, 5.41) is 7.93. The van der Waals surface area contributed by atoms with Crippen LogP contribution < -0.4 is 5.32 Å². The first-order chi connectivity index (χ1) is 9.78. The van der Waals surface area contributed by atoms with Crippen molar-refractivity contribution in [3.8, 4) is 11.3 Å². The molecule has 3 rings (SSSR count). The van der Waals surface area contributed by atoms with Crippen molar-refractivity contribution in [2.45, 2.75) is 51.7 Å². The van der Waals surface area contributed by atoms with E-state index in [-0.39, 0.29) is 0 Å². The van der Waals surface area contributed by atoms with E-state index in [9.17, 15) is 0 Å². The van der Waals surface area contributed by atoms with E-state index >= 15 is 0 Å². The molecule has 0 aliphatic carbocycles. The summed E-state index contributed by atoms with van der Waals surface area (Å²) in [6.07, 6.45) is 11.4. The van der Waals surface area contributed by atoms with Gasteiger partial charge in [0.05, 0.1) is 24.4 Å². The van der Waals surface area contributed by atoms with E-state index in [1.165, 1.54) is 11.3 Å². The van der Waals surface area contributed by atoms with Crippen LogP contribution in [0.2, 0.25) is 0 Å². The second-order valence-electron chi connectivity index (χ2n) is 5.71. The van der Waals surface area contributed by atoms with Crippen LogP contribution in [-0.2, 0) is 6.54 Å². The van der Waals surface area contributed by atoms with Gasteiger partial charge in [-0.3, -0.25) is 4.68 Å². The zero-order chi connectivity index (χ0) is 13.9. The van der Waals surface area contributed by atoms with Crippen molar-refractivity contribution in [1.29, 1.82) is 0 Å². The molecule has 108 valence electrons. The Balaban J connectivity index is 1.85. The normalized spacial score (nSPS) is 23.1. The summed E-state index contributed by atoms with van der Waals surface area (Å²) in [6.45, 7) is 6.47. The van der Waals surface area contributed by atoms with Gasteiger partial charge in [0.2, 0.25) is 0 Å². The molecule has 0 amide bonds. The minimum Gasteiger partial charge on any atom is -0.327 e. The van der Waals surface area contributed by atoms with Crippen molar-refractivity contribution >= 4 is 0 Å². The predicted molar refractivity (Wildman–Crippen MR) is 79.5 cm³/mol. The molecule has 1 N–H and O–H groups in total. The van der Waals surface area contributed by atoms with Crippen LogP contribution >= 0.6 is 0 Å². The number of rotatable bonds is 4. The van der Waals surface area contributed by atoms with Crippen molar-refractivity contribution in [2.75, 3.05) is 6.54 Å². The van der Waals surface area contributed by atoms with E-state index in [0.29, 0.717) is 12.1 Å². The van der Waals surface area contributed by atoms with Crippen LogP contribution in [0, 0.1) is 0 Å². The van der Waals surface area contributed by atoms with Gasteiger partial charge in [0.1, 0.15) is 0 Å². The molecule has 1 aliphatic heterocycles. The van der Waals surface area contributed by atoms with Crippen molar-refractivity contribution in [3.63, 3.8) is 0 Å². The Hall–Kier alpha value is -1.62. The average Bonchev–Trinajstić information content (AvgIpc) is 3.07. The first kappa shape index (κ1) is 13.4. The van der Waals surface area contributed by atoms with Crippen molar-refractivity contribution in [1.82, 2.24) is 24.6 Å².